The first-order chi connectivity index (χ1) is 8.66. The average Bonchev–Trinajstić information content (AvgIpc) is 2.38. The van der Waals surface area contributed by atoms with Gasteiger partial charge in [-0.1, -0.05) is 0 Å². The molecule has 0 aromatic heterocycles. The van der Waals surface area contributed by atoms with Crippen molar-refractivity contribution in [2.24, 2.45) is 0 Å². The maximum absolute atomic E-state index is 12.0. The van der Waals surface area contributed by atoms with Gasteiger partial charge < -0.3 is 10.2 Å². The summed E-state index contributed by atoms with van der Waals surface area (Å²) >= 11 is 0. The van der Waals surface area contributed by atoms with Crippen molar-refractivity contribution in [3.8, 4) is 0 Å². The molecule has 1 atom stereocenters. The monoisotopic (exact) mass is 244 g/mol. The number of carbonyl (C=O) groups excluding carboxylic acids is 2. The van der Waals surface area contributed by atoms with E-state index in [2.05, 4.69) is 10.2 Å². The van der Waals surface area contributed by atoms with E-state index in [0.29, 0.717) is 5.56 Å². The molecule has 0 saturated carbocycles. The van der Waals surface area contributed by atoms with E-state index in [-0.39, 0.29) is 17.7 Å². The number of piperidine rings is 1. The summed E-state index contributed by atoms with van der Waals surface area (Å²) < 4.78 is 0. The second kappa shape index (κ2) is 4.12. The van der Waals surface area contributed by atoms with Gasteiger partial charge in [-0.3, -0.25) is 9.59 Å². The molecule has 0 aliphatic carbocycles. The van der Waals surface area contributed by atoms with Crippen molar-refractivity contribution in [3.63, 3.8) is 0 Å². The fraction of sp³-hybridized carbons (Fsp3) is 0.429. The number of Topliss-reactive ketones (excluding diaryl/α,β-unsaturated/α-hetero) is 1. The number of amides is 1. The molecule has 1 fully saturated rings. The number of hydrogen-bond donors (Lipinski definition) is 1. The van der Waals surface area contributed by atoms with E-state index in [1.807, 2.05) is 12.1 Å². The Morgan fingerprint density at radius 3 is 3.00 bits per heavy atom. The van der Waals surface area contributed by atoms with E-state index in [1.165, 1.54) is 6.92 Å². The Bertz CT molecular complexity index is 525. The lowest BCUT2D eigenvalue weighted by Gasteiger charge is -2.41. The highest BCUT2D eigenvalue weighted by atomic mass is 16.2. The summed E-state index contributed by atoms with van der Waals surface area (Å²) in [6.45, 7) is 2.46. The van der Waals surface area contributed by atoms with Gasteiger partial charge in [0.1, 0.15) is 6.04 Å². The molecule has 0 unspecified atom stereocenters. The normalized spacial score (nSPS) is 21.9. The van der Waals surface area contributed by atoms with E-state index in [9.17, 15) is 9.59 Å². The third kappa shape index (κ3) is 1.68. The fourth-order valence-corrected chi connectivity index (χ4v) is 2.81. The molecule has 2 aliphatic rings. The number of nitrogens with one attached hydrogen (secondary N) is 1. The van der Waals surface area contributed by atoms with Crippen LogP contribution in [0.4, 0.5) is 11.4 Å². The molecule has 2 heterocycles. The molecule has 4 heteroatoms. The van der Waals surface area contributed by atoms with Gasteiger partial charge in [-0.05, 0) is 44.4 Å². The van der Waals surface area contributed by atoms with Gasteiger partial charge in [0, 0.05) is 12.1 Å². The van der Waals surface area contributed by atoms with Crippen LogP contribution in [0, 0.1) is 0 Å². The van der Waals surface area contributed by atoms with Crippen LogP contribution in [-0.2, 0) is 4.79 Å². The Labute approximate surface area is 106 Å². The summed E-state index contributed by atoms with van der Waals surface area (Å²) in [4.78, 5) is 25.6. The molecule has 4 nitrogen and oxygen atoms in total. The van der Waals surface area contributed by atoms with E-state index >= 15 is 0 Å². The number of nitrogens with zero attached hydrogens (tertiary/aromatic N) is 1. The largest absolute Gasteiger partial charge is 0.358 e. The van der Waals surface area contributed by atoms with Crippen LogP contribution in [0.25, 0.3) is 0 Å². The van der Waals surface area contributed by atoms with Gasteiger partial charge in [0.25, 0.3) is 0 Å². The molecule has 0 bridgehead atoms. The van der Waals surface area contributed by atoms with Gasteiger partial charge in [-0.15, -0.1) is 0 Å². The summed E-state index contributed by atoms with van der Waals surface area (Å²) in [5.41, 5.74) is 2.46. The Balaban J connectivity index is 2.04. The first-order valence-corrected chi connectivity index (χ1v) is 6.39. The minimum atomic E-state index is -0.0329. The number of rotatable bonds is 1. The molecule has 0 spiro atoms. The zero-order valence-electron chi connectivity index (χ0n) is 10.4. The summed E-state index contributed by atoms with van der Waals surface area (Å²) in [5.74, 6) is 0.0794. The lowest BCUT2D eigenvalue weighted by atomic mass is 9.96. The van der Waals surface area contributed by atoms with Crippen LogP contribution in [0.1, 0.15) is 36.5 Å². The lowest BCUT2D eigenvalue weighted by molar-refractivity contribution is -0.118. The molecular formula is C14H16N2O2. The minimum absolute atomic E-state index is 0.0211. The van der Waals surface area contributed by atoms with E-state index < -0.39 is 0 Å². The Morgan fingerprint density at radius 2 is 2.22 bits per heavy atom. The molecular weight excluding hydrogens is 228 g/mol. The van der Waals surface area contributed by atoms with Crippen LogP contribution < -0.4 is 10.2 Å². The smallest absolute Gasteiger partial charge is 0.247 e. The second-order valence-corrected chi connectivity index (χ2v) is 4.98. The average molecular weight is 244 g/mol. The zero-order valence-corrected chi connectivity index (χ0v) is 10.4. The van der Waals surface area contributed by atoms with Crippen LogP contribution in [0.3, 0.4) is 0 Å². The molecule has 1 saturated heterocycles. The topological polar surface area (TPSA) is 49.4 Å². The minimum Gasteiger partial charge on any atom is -0.358 e. The van der Waals surface area contributed by atoms with Gasteiger partial charge in [-0.25, -0.2) is 0 Å². The third-order valence-corrected chi connectivity index (χ3v) is 3.78. The van der Waals surface area contributed by atoms with Gasteiger partial charge in [0.15, 0.2) is 5.78 Å². The first kappa shape index (κ1) is 11.3. The Morgan fingerprint density at radius 1 is 1.39 bits per heavy atom. The van der Waals surface area contributed by atoms with Crippen molar-refractivity contribution >= 4 is 23.1 Å². The summed E-state index contributed by atoms with van der Waals surface area (Å²) in [6.07, 6.45) is 3.15. The Kier molecular flexibility index (Phi) is 2.58. The standard InChI is InChI=1S/C14H16N2O2/c1-9(17)10-5-6-12-11(8-10)15-14(18)13-4-2-3-7-16(12)13/h5-6,8,13H,2-4,7H2,1H3,(H,15,18)/t13-/m1/s1. The van der Waals surface area contributed by atoms with E-state index in [4.69, 9.17) is 0 Å². The third-order valence-electron chi connectivity index (χ3n) is 3.78. The summed E-state index contributed by atoms with van der Waals surface area (Å²) in [5, 5.41) is 2.92. The van der Waals surface area contributed by atoms with Crippen molar-refractivity contribution in [1.29, 1.82) is 0 Å². The highest BCUT2D eigenvalue weighted by Gasteiger charge is 2.34. The number of fused-ring (bicyclic) bond motifs is 3. The number of benzene rings is 1. The van der Waals surface area contributed by atoms with Gasteiger partial charge in [0.2, 0.25) is 5.91 Å². The molecule has 1 N–H and O–H groups in total. The number of carbonyl (C=O) groups is 2. The second-order valence-electron chi connectivity index (χ2n) is 4.98. The SMILES string of the molecule is CC(=O)c1ccc2c(c1)NC(=O)[C@H]1CCCCN21. The molecule has 0 radical (unpaired) electrons. The predicted molar refractivity (Wildman–Crippen MR) is 70.1 cm³/mol. The zero-order chi connectivity index (χ0) is 12.7. The van der Waals surface area contributed by atoms with Crippen LogP contribution in [0.5, 0.6) is 0 Å². The van der Waals surface area contributed by atoms with E-state index in [1.54, 1.807) is 6.07 Å². The molecule has 1 aromatic carbocycles. The quantitative estimate of drug-likeness (QED) is 0.770. The highest BCUT2D eigenvalue weighted by molar-refractivity contribution is 6.05. The van der Waals surface area contributed by atoms with E-state index in [0.717, 1.165) is 37.2 Å². The molecule has 18 heavy (non-hydrogen) atoms. The fourth-order valence-electron chi connectivity index (χ4n) is 2.81. The van der Waals surface area contributed by atoms with Crippen LogP contribution >= 0.6 is 0 Å². The predicted octanol–water partition coefficient (Wildman–Crippen LogP) is 2.20. The van der Waals surface area contributed by atoms with Gasteiger partial charge >= 0.3 is 0 Å². The maximum atomic E-state index is 12.0. The Hall–Kier alpha value is -1.84. The number of hydrogen-bond acceptors (Lipinski definition) is 3. The van der Waals surface area contributed by atoms with Gasteiger partial charge in [0.05, 0.1) is 11.4 Å². The van der Waals surface area contributed by atoms with Crippen molar-refractivity contribution < 1.29 is 9.59 Å². The molecule has 1 aromatic rings. The molecule has 2 aliphatic heterocycles. The molecule has 1 amide bonds. The maximum Gasteiger partial charge on any atom is 0.247 e. The van der Waals surface area contributed by atoms with Crippen molar-refractivity contribution in [3.05, 3.63) is 23.8 Å². The summed E-state index contributed by atoms with van der Waals surface area (Å²) in [6, 6.07) is 5.53. The van der Waals surface area contributed by atoms with Crippen LogP contribution in [0.15, 0.2) is 18.2 Å². The molecule has 3 rings (SSSR count). The van der Waals surface area contributed by atoms with Crippen LogP contribution in [-0.4, -0.2) is 24.3 Å². The highest BCUT2D eigenvalue weighted by Crippen LogP contribution is 2.36. The van der Waals surface area contributed by atoms with Crippen molar-refractivity contribution in [1.82, 2.24) is 0 Å². The summed E-state index contributed by atoms with van der Waals surface area (Å²) in [7, 11) is 0. The number of anilines is 2. The van der Waals surface area contributed by atoms with Crippen LogP contribution in [0.2, 0.25) is 0 Å². The van der Waals surface area contributed by atoms with Gasteiger partial charge in [-0.2, -0.15) is 0 Å². The number of ketones is 1. The lowest BCUT2D eigenvalue weighted by Crippen LogP contribution is -2.50. The van der Waals surface area contributed by atoms with Crippen molar-refractivity contribution in [2.45, 2.75) is 32.2 Å². The first-order valence-electron chi connectivity index (χ1n) is 6.39. The molecule has 94 valence electrons. The van der Waals surface area contributed by atoms with Crippen molar-refractivity contribution in [2.75, 3.05) is 16.8 Å².